The van der Waals surface area contributed by atoms with Crippen LogP contribution in [0.1, 0.15) is 17.1 Å². The van der Waals surface area contributed by atoms with Gasteiger partial charge in [-0.3, -0.25) is 0 Å². The summed E-state index contributed by atoms with van der Waals surface area (Å²) < 4.78 is 24.2. The van der Waals surface area contributed by atoms with Crippen molar-refractivity contribution < 1.29 is 13.7 Å². The predicted octanol–water partition coefficient (Wildman–Crippen LogP) is 4.53. The van der Waals surface area contributed by atoms with Gasteiger partial charge in [-0.1, -0.05) is 47.1 Å². The van der Waals surface area contributed by atoms with Crippen LogP contribution in [0.25, 0.3) is 22.8 Å². The van der Waals surface area contributed by atoms with Crippen molar-refractivity contribution in [3.05, 3.63) is 77.6 Å². The molecule has 2 aromatic heterocycles. The number of aromatic nitrogens is 4. The van der Waals surface area contributed by atoms with Gasteiger partial charge in [-0.2, -0.15) is 9.97 Å². The topological polar surface area (TPSA) is 73.9 Å². The summed E-state index contributed by atoms with van der Waals surface area (Å²) in [4.78, 5) is 13.2. The first-order valence-electron chi connectivity index (χ1n) is 8.71. The Morgan fingerprint density at radius 3 is 2.50 bits per heavy atom. The number of ether oxygens (including phenoxy) is 1. The molecule has 0 aliphatic rings. The highest BCUT2D eigenvalue weighted by Gasteiger charge is 2.11. The minimum atomic E-state index is -0.361. The van der Waals surface area contributed by atoms with Gasteiger partial charge in [0.2, 0.25) is 11.7 Å². The molecule has 0 N–H and O–H groups in total. The van der Waals surface area contributed by atoms with Gasteiger partial charge in [-0.05, 0) is 26.0 Å². The summed E-state index contributed by atoms with van der Waals surface area (Å²) in [5.74, 6) is 1.21. The molecule has 2 aromatic carbocycles. The number of hydrogen-bond acceptors (Lipinski definition) is 6. The lowest BCUT2D eigenvalue weighted by Crippen LogP contribution is -2.01. The Kier molecular flexibility index (Phi) is 4.80. The largest absolute Gasteiger partial charge is 0.467 e. The fraction of sp³-hybridized carbons (Fsp3) is 0.143. The highest BCUT2D eigenvalue weighted by molar-refractivity contribution is 5.56. The fourth-order valence-corrected chi connectivity index (χ4v) is 2.64. The second-order valence-corrected chi connectivity index (χ2v) is 6.35. The minimum absolute atomic E-state index is 0.0477. The van der Waals surface area contributed by atoms with Gasteiger partial charge in [0.1, 0.15) is 5.82 Å². The number of aryl methyl sites for hydroxylation is 2. The van der Waals surface area contributed by atoms with E-state index in [0.29, 0.717) is 23.1 Å². The van der Waals surface area contributed by atoms with E-state index in [-0.39, 0.29) is 18.3 Å². The van der Waals surface area contributed by atoms with Gasteiger partial charge in [0.15, 0.2) is 12.4 Å². The molecule has 2 heterocycles. The van der Waals surface area contributed by atoms with Gasteiger partial charge in [-0.15, -0.1) is 0 Å². The Labute approximate surface area is 161 Å². The second kappa shape index (κ2) is 7.56. The van der Waals surface area contributed by atoms with Crippen LogP contribution in [0.3, 0.4) is 0 Å². The molecule has 0 aliphatic heterocycles. The first-order chi connectivity index (χ1) is 13.6. The first-order valence-corrected chi connectivity index (χ1v) is 8.71. The third-order valence-electron chi connectivity index (χ3n) is 4.03. The van der Waals surface area contributed by atoms with Crippen LogP contribution in [0, 0.1) is 19.7 Å². The van der Waals surface area contributed by atoms with Gasteiger partial charge >= 0.3 is 0 Å². The van der Waals surface area contributed by atoms with E-state index >= 15 is 0 Å². The third-order valence-corrected chi connectivity index (χ3v) is 4.03. The van der Waals surface area contributed by atoms with Gasteiger partial charge < -0.3 is 9.26 Å². The Morgan fingerprint density at radius 2 is 1.71 bits per heavy atom. The second-order valence-electron chi connectivity index (χ2n) is 6.35. The van der Waals surface area contributed by atoms with E-state index in [9.17, 15) is 4.39 Å². The summed E-state index contributed by atoms with van der Waals surface area (Å²) in [6.07, 6.45) is 0. The van der Waals surface area contributed by atoms with Gasteiger partial charge in [0, 0.05) is 22.9 Å². The minimum Gasteiger partial charge on any atom is -0.467 e. The zero-order valence-electron chi connectivity index (χ0n) is 15.4. The molecule has 0 fully saturated rings. The molecule has 0 saturated carbocycles. The Bertz CT molecular complexity index is 1110. The molecule has 4 rings (SSSR count). The Balaban J connectivity index is 1.50. The number of hydrogen-bond donors (Lipinski definition) is 0. The number of benzene rings is 2. The van der Waals surface area contributed by atoms with Crippen molar-refractivity contribution in [3.63, 3.8) is 0 Å². The quantitative estimate of drug-likeness (QED) is 0.509. The van der Waals surface area contributed by atoms with Crippen molar-refractivity contribution in [1.29, 1.82) is 0 Å². The Morgan fingerprint density at radius 1 is 0.893 bits per heavy atom. The summed E-state index contributed by atoms with van der Waals surface area (Å²) in [5.41, 5.74) is 3.39. The van der Waals surface area contributed by atoms with Gasteiger partial charge in [0.05, 0.1) is 0 Å². The average Bonchev–Trinajstić information content (AvgIpc) is 3.16. The van der Waals surface area contributed by atoms with Crippen LogP contribution in [0.4, 0.5) is 4.39 Å². The lowest BCUT2D eigenvalue weighted by atomic mass is 10.1. The van der Waals surface area contributed by atoms with Crippen LogP contribution in [0.2, 0.25) is 0 Å². The average molecular weight is 376 g/mol. The summed E-state index contributed by atoms with van der Waals surface area (Å²) >= 11 is 0. The normalized spacial score (nSPS) is 10.8. The standard InChI is InChI=1S/C21H17FN4O2/c1-13-6-8-15(9-7-13)20-23-14(2)10-18(24-20)27-12-19-25-21(26-28-19)16-4-3-5-17(22)11-16/h3-11H,12H2,1-2H3. The van der Waals surface area contributed by atoms with Crippen LogP contribution >= 0.6 is 0 Å². The highest BCUT2D eigenvalue weighted by Crippen LogP contribution is 2.21. The van der Waals surface area contributed by atoms with Crippen molar-refractivity contribution in [2.75, 3.05) is 0 Å². The van der Waals surface area contributed by atoms with E-state index in [1.165, 1.54) is 17.7 Å². The van der Waals surface area contributed by atoms with Crippen molar-refractivity contribution in [3.8, 4) is 28.7 Å². The molecule has 28 heavy (non-hydrogen) atoms. The summed E-state index contributed by atoms with van der Waals surface area (Å²) in [6, 6.07) is 15.7. The number of nitrogens with zero attached hydrogens (tertiary/aromatic N) is 4. The molecule has 140 valence electrons. The van der Waals surface area contributed by atoms with E-state index in [2.05, 4.69) is 20.1 Å². The molecular formula is C21H17FN4O2. The smallest absolute Gasteiger partial charge is 0.264 e. The van der Waals surface area contributed by atoms with E-state index in [1.54, 1.807) is 18.2 Å². The predicted molar refractivity (Wildman–Crippen MR) is 101 cm³/mol. The maximum absolute atomic E-state index is 13.3. The molecule has 6 nitrogen and oxygen atoms in total. The van der Waals surface area contributed by atoms with Crippen molar-refractivity contribution in [1.82, 2.24) is 20.1 Å². The molecule has 0 bridgehead atoms. The molecular weight excluding hydrogens is 359 g/mol. The van der Waals surface area contributed by atoms with E-state index in [0.717, 1.165) is 11.3 Å². The van der Waals surface area contributed by atoms with Crippen LogP contribution in [0.5, 0.6) is 5.88 Å². The fourth-order valence-electron chi connectivity index (χ4n) is 2.64. The molecule has 0 spiro atoms. The van der Waals surface area contributed by atoms with Crippen LogP contribution < -0.4 is 4.74 Å². The molecule has 4 aromatic rings. The molecule has 0 unspecified atom stereocenters. The summed E-state index contributed by atoms with van der Waals surface area (Å²) in [7, 11) is 0. The first kappa shape index (κ1) is 17.8. The van der Waals surface area contributed by atoms with E-state index in [1.807, 2.05) is 38.1 Å². The monoisotopic (exact) mass is 376 g/mol. The van der Waals surface area contributed by atoms with E-state index < -0.39 is 0 Å². The molecule has 0 atom stereocenters. The number of halogens is 1. The molecule has 0 aliphatic carbocycles. The molecule has 0 saturated heterocycles. The van der Waals surface area contributed by atoms with Crippen LogP contribution in [-0.2, 0) is 6.61 Å². The SMILES string of the molecule is Cc1ccc(-c2nc(C)cc(OCc3nc(-c4cccc(F)c4)no3)n2)cc1. The summed E-state index contributed by atoms with van der Waals surface area (Å²) in [5, 5.41) is 3.87. The van der Waals surface area contributed by atoms with Crippen LogP contribution in [0.15, 0.2) is 59.1 Å². The van der Waals surface area contributed by atoms with E-state index in [4.69, 9.17) is 9.26 Å². The van der Waals surface area contributed by atoms with Crippen molar-refractivity contribution in [2.45, 2.75) is 20.5 Å². The Hall–Kier alpha value is -3.61. The lowest BCUT2D eigenvalue weighted by Gasteiger charge is -2.07. The van der Waals surface area contributed by atoms with Gasteiger partial charge in [-0.25, -0.2) is 9.37 Å². The van der Waals surface area contributed by atoms with Crippen molar-refractivity contribution >= 4 is 0 Å². The zero-order valence-corrected chi connectivity index (χ0v) is 15.4. The molecule has 0 radical (unpaired) electrons. The summed E-state index contributed by atoms with van der Waals surface area (Å²) in [6.45, 7) is 3.95. The van der Waals surface area contributed by atoms with Crippen molar-refractivity contribution in [2.24, 2.45) is 0 Å². The van der Waals surface area contributed by atoms with Crippen LogP contribution in [-0.4, -0.2) is 20.1 Å². The zero-order chi connectivity index (χ0) is 19.5. The lowest BCUT2D eigenvalue weighted by molar-refractivity contribution is 0.235. The number of rotatable bonds is 5. The maximum Gasteiger partial charge on any atom is 0.264 e. The third kappa shape index (κ3) is 4.03. The maximum atomic E-state index is 13.3. The molecule has 7 heteroatoms. The van der Waals surface area contributed by atoms with Gasteiger partial charge in [0.25, 0.3) is 5.89 Å². The molecule has 0 amide bonds. The highest BCUT2D eigenvalue weighted by atomic mass is 19.1.